The second-order valence-electron chi connectivity index (χ2n) is 5.15. The van der Waals surface area contributed by atoms with Crippen molar-refractivity contribution in [3.05, 3.63) is 52.2 Å². The zero-order valence-corrected chi connectivity index (χ0v) is 14.6. The van der Waals surface area contributed by atoms with Crippen molar-refractivity contribution < 1.29 is 4.79 Å². The standard InChI is InChI=1S/C18H23NOS.ClH/c1-2-15-9-5-6-10-16(15)19-13-7-3-4-11-17(20)18-12-8-14-21-18;/h5-6,8-10,12,14,19H,2-4,7,11,13H2,1H3;1H. The molecule has 0 radical (unpaired) electrons. The van der Waals surface area contributed by atoms with Gasteiger partial charge in [0.2, 0.25) is 0 Å². The summed E-state index contributed by atoms with van der Waals surface area (Å²) in [7, 11) is 0. The third kappa shape index (κ3) is 5.82. The lowest BCUT2D eigenvalue weighted by Crippen LogP contribution is -2.04. The number of aryl methyl sites for hydroxylation is 1. The number of Topliss-reactive ketones (excluding diaryl/α,β-unsaturated/α-hetero) is 1. The lowest BCUT2D eigenvalue weighted by Gasteiger charge is -2.10. The number of thiophene rings is 1. The number of carbonyl (C=O) groups is 1. The third-order valence-electron chi connectivity index (χ3n) is 3.59. The Kier molecular flexibility index (Phi) is 8.86. The molecule has 0 fully saturated rings. The summed E-state index contributed by atoms with van der Waals surface area (Å²) in [5.41, 5.74) is 2.61. The van der Waals surface area contributed by atoms with Gasteiger partial charge in [-0.15, -0.1) is 23.7 Å². The monoisotopic (exact) mass is 337 g/mol. The van der Waals surface area contributed by atoms with Crippen LogP contribution in [0.1, 0.15) is 47.8 Å². The number of nitrogens with one attached hydrogen (secondary N) is 1. The van der Waals surface area contributed by atoms with Crippen LogP contribution in [0.15, 0.2) is 41.8 Å². The molecule has 0 saturated heterocycles. The van der Waals surface area contributed by atoms with E-state index in [1.807, 2.05) is 17.5 Å². The number of benzene rings is 1. The van der Waals surface area contributed by atoms with Gasteiger partial charge in [0.15, 0.2) is 5.78 Å². The SMILES string of the molecule is CCc1ccccc1NCCCCCC(=O)c1cccs1.Cl. The molecule has 0 unspecified atom stereocenters. The average molecular weight is 338 g/mol. The number of carbonyl (C=O) groups excluding carboxylic acids is 1. The highest BCUT2D eigenvalue weighted by atomic mass is 35.5. The first-order valence-electron chi connectivity index (χ1n) is 7.69. The van der Waals surface area contributed by atoms with E-state index in [1.165, 1.54) is 22.6 Å². The van der Waals surface area contributed by atoms with Crippen molar-refractivity contribution in [2.45, 2.75) is 39.0 Å². The van der Waals surface area contributed by atoms with E-state index >= 15 is 0 Å². The van der Waals surface area contributed by atoms with E-state index in [0.717, 1.165) is 37.1 Å². The Labute approximate surface area is 143 Å². The fourth-order valence-corrected chi connectivity index (χ4v) is 3.07. The maximum Gasteiger partial charge on any atom is 0.172 e. The van der Waals surface area contributed by atoms with Crippen LogP contribution in [0.3, 0.4) is 0 Å². The summed E-state index contributed by atoms with van der Waals surface area (Å²) < 4.78 is 0. The summed E-state index contributed by atoms with van der Waals surface area (Å²) in [6.07, 6.45) is 4.91. The molecule has 0 spiro atoms. The van der Waals surface area contributed by atoms with Gasteiger partial charge in [-0.1, -0.05) is 37.6 Å². The van der Waals surface area contributed by atoms with Crippen LogP contribution in [0.2, 0.25) is 0 Å². The van der Waals surface area contributed by atoms with Crippen LogP contribution < -0.4 is 5.32 Å². The molecule has 0 aliphatic rings. The minimum Gasteiger partial charge on any atom is -0.385 e. The Morgan fingerprint density at radius 3 is 2.64 bits per heavy atom. The molecule has 1 aromatic carbocycles. The lowest BCUT2D eigenvalue weighted by atomic mass is 10.1. The van der Waals surface area contributed by atoms with Crippen LogP contribution in [-0.4, -0.2) is 12.3 Å². The van der Waals surface area contributed by atoms with E-state index in [2.05, 4.69) is 36.5 Å². The zero-order chi connectivity index (χ0) is 14.9. The molecule has 0 bridgehead atoms. The Bertz CT molecular complexity index is 554. The molecule has 2 nitrogen and oxygen atoms in total. The number of para-hydroxylation sites is 1. The van der Waals surface area contributed by atoms with Crippen LogP contribution >= 0.6 is 23.7 Å². The molecular formula is C18H24ClNOS. The minimum atomic E-state index is 0. The summed E-state index contributed by atoms with van der Waals surface area (Å²) >= 11 is 1.54. The second kappa shape index (κ2) is 10.4. The van der Waals surface area contributed by atoms with Gasteiger partial charge in [-0.2, -0.15) is 0 Å². The van der Waals surface area contributed by atoms with E-state index in [0.29, 0.717) is 6.42 Å². The average Bonchev–Trinajstić information content (AvgIpc) is 3.05. The van der Waals surface area contributed by atoms with Gasteiger partial charge in [0.25, 0.3) is 0 Å². The molecule has 0 aliphatic carbocycles. The number of halogens is 1. The van der Waals surface area contributed by atoms with Crippen LogP contribution in [-0.2, 0) is 6.42 Å². The first-order chi connectivity index (χ1) is 10.3. The van der Waals surface area contributed by atoms with Gasteiger partial charge in [0.1, 0.15) is 0 Å². The highest BCUT2D eigenvalue weighted by molar-refractivity contribution is 7.12. The molecule has 4 heteroatoms. The number of ketones is 1. The van der Waals surface area contributed by atoms with Crippen molar-refractivity contribution in [1.29, 1.82) is 0 Å². The number of hydrogen-bond donors (Lipinski definition) is 1. The van der Waals surface area contributed by atoms with Gasteiger partial charge in [0.05, 0.1) is 4.88 Å². The Morgan fingerprint density at radius 1 is 1.09 bits per heavy atom. The maximum absolute atomic E-state index is 11.8. The molecule has 0 aliphatic heterocycles. The Hall–Kier alpha value is -1.32. The zero-order valence-electron chi connectivity index (χ0n) is 13.0. The van der Waals surface area contributed by atoms with Crippen molar-refractivity contribution in [3.8, 4) is 0 Å². The molecule has 1 heterocycles. The first kappa shape index (κ1) is 18.7. The molecule has 120 valence electrons. The molecule has 0 saturated carbocycles. The van der Waals surface area contributed by atoms with Crippen molar-refractivity contribution in [2.24, 2.45) is 0 Å². The third-order valence-corrected chi connectivity index (χ3v) is 4.50. The van der Waals surface area contributed by atoms with Crippen LogP contribution in [0.4, 0.5) is 5.69 Å². The van der Waals surface area contributed by atoms with Crippen LogP contribution in [0.25, 0.3) is 0 Å². The van der Waals surface area contributed by atoms with E-state index in [1.54, 1.807) is 0 Å². The summed E-state index contributed by atoms with van der Waals surface area (Å²) in [5.74, 6) is 0.286. The van der Waals surface area contributed by atoms with Gasteiger partial charge in [-0.05, 0) is 42.3 Å². The Morgan fingerprint density at radius 2 is 1.91 bits per heavy atom. The van der Waals surface area contributed by atoms with Gasteiger partial charge in [-0.25, -0.2) is 0 Å². The second-order valence-corrected chi connectivity index (χ2v) is 6.10. The highest BCUT2D eigenvalue weighted by Crippen LogP contribution is 2.16. The molecular weight excluding hydrogens is 314 g/mol. The van der Waals surface area contributed by atoms with Crippen molar-refractivity contribution in [1.82, 2.24) is 0 Å². The van der Waals surface area contributed by atoms with E-state index in [9.17, 15) is 4.79 Å². The number of hydrogen-bond acceptors (Lipinski definition) is 3. The largest absolute Gasteiger partial charge is 0.385 e. The highest BCUT2D eigenvalue weighted by Gasteiger charge is 2.05. The summed E-state index contributed by atoms with van der Waals surface area (Å²) in [5, 5.41) is 5.46. The fraction of sp³-hybridized carbons (Fsp3) is 0.389. The lowest BCUT2D eigenvalue weighted by molar-refractivity contribution is 0.0983. The number of unbranched alkanes of at least 4 members (excludes halogenated alkanes) is 2. The van der Waals surface area contributed by atoms with E-state index in [-0.39, 0.29) is 18.2 Å². The molecule has 1 N–H and O–H groups in total. The van der Waals surface area contributed by atoms with Crippen LogP contribution in [0, 0.1) is 0 Å². The summed E-state index contributed by atoms with van der Waals surface area (Å²) in [4.78, 5) is 12.7. The fourth-order valence-electron chi connectivity index (χ4n) is 2.37. The normalized spacial score (nSPS) is 10.0. The molecule has 0 atom stereocenters. The smallest absolute Gasteiger partial charge is 0.172 e. The predicted octanol–water partition coefficient (Wildman–Crippen LogP) is 5.59. The van der Waals surface area contributed by atoms with Crippen molar-refractivity contribution in [2.75, 3.05) is 11.9 Å². The quantitative estimate of drug-likeness (QED) is 0.477. The first-order valence-corrected chi connectivity index (χ1v) is 8.57. The number of anilines is 1. The maximum atomic E-state index is 11.8. The molecule has 0 amide bonds. The molecule has 2 rings (SSSR count). The molecule has 22 heavy (non-hydrogen) atoms. The van der Waals surface area contributed by atoms with Gasteiger partial charge >= 0.3 is 0 Å². The van der Waals surface area contributed by atoms with Crippen molar-refractivity contribution in [3.63, 3.8) is 0 Å². The van der Waals surface area contributed by atoms with Gasteiger partial charge in [0, 0.05) is 18.7 Å². The van der Waals surface area contributed by atoms with E-state index in [4.69, 9.17) is 0 Å². The number of rotatable bonds is 9. The topological polar surface area (TPSA) is 29.1 Å². The summed E-state index contributed by atoms with van der Waals surface area (Å²) in [6.45, 7) is 3.15. The molecule has 2 aromatic rings. The predicted molar refractivity (Wildman–Crippen MR) is 98.7 cm³/mol. The van der Waals surface area contributed by atoms with Gasteiger partial charge < -0.3 is 5.32 Å². The van der Waals surface area contributed by atoms with Crippen molar-refractivity contribution >= 4 is 35.2 Å². The summed E-state index contributed by atoms with van der Waals surface area (Å²) in [6, 6.07) is 12.3. The van der Waals surface area contributed by atoms with Crippen LogP contribution in [0.5, 0.6) is 0 Å². The Balaban J connectivity index is 0.00000242. The van der Waals surface area contributed by atoms with Gasteiger partial charge in [-0.3, -0.25) is 4.79 Å². The molecule has 1 aromatic heterocycles. The minimum absolute atomic E-state index is 0. The van der Waals surface area contributed by atoms with E-state index < -0.39 is 0 Å².